The summed E-state index contributed by atoms with van der Waals surface area (Å²) in [4.78, 5) is 34.0. The average molecular weight is 344 g/mol. The predicted octanol–water partition coefficient (Wildman–Crippen LogP) is 2.79. The monoisotopic (exact) mass is 344 g/mol. The largest absolute Gasteiger partial charge is 0.484 e. The number of nitrogens with zero attached hydrogens (tertiary/aromatic N) is 1. The van der Waals surface area contributed by atoms with E-state index in [0.29, 0.717) is 5.69 Å². The molecule has 0 bridgehead atoms. The number of nitro benzene ring substituents is 1. The van der Waals surface area contributed by atoms with E-state index >= 15 is 0 Å². The number of esters is 1. The van der Waals surface area contributed by atoms with Gasteiger partial charge in [-0.1, -0.05) is 18.2 Å². The molecule has 0 aliphatic heterocycles. The molecule has 25 heavy (non-hydrogen) atoms. The number of para-hydroxylation sites is 1. The van der Waals surface area contributed by atoms with E-state index in [9.17, 15) is 19.7 Å². The number of non-ortho nitro benzene ring substituents is 1. The number of ether oxygens (including phenoxy) is 2. The van der Waals surface area contributed by atoms with E-state index in [2.05, 4.69) is 5.32 Å². The van der Waals surface area contributed by atoms with Crippen molar-refractivity contribution in [2.75, 3.05) is 18.5 Å². The SMILES string of the molecule is CCOC(=O)c1ccccc1NC(=O)COc1cccc([N+](=O)[O-])c1. The van der Waals surface area contributed by atoms with Crippen molar-refractivity contribution in [3.05, 3.63) is 64.2 Å². The third kappa shape index (κ3) is 5.03. The van der Waals surface area contributed by atoms with Crippen LogP contribution in [0, 0.1) is 10.1 Å². The fourth-order valence-corrected chi connectivity index (χ4v) is 2.00. The van der Waals surface area contributed by atoms with E-state index in [1.54, 1.807) is 25.1 Å². The van der Waals surface area contributed by atoms with Crippen LogP contribution in [0.5, 0.6) is 5.75 Å². The number of hydrogen-bond donors (Lipinski definition) is 1. The number of anilines is 1. The summed E-state index contributed by atoms with van der Waals surface area (Å²) >= 11 is 0. The molecule has 0 unspecified atom stereocenters. The highest BCUT2D eigenvalue weighted by Crippen LogP contribution is 2.19. The second kappa shape index (κ2) is 8.44. The topological polar surface area (TPSA) is 108 Å². The number of carbonyl (C=O) groups excluding carboxylic acids is 2. The zero-order valence-electron chi connectivity index (χ0n) is 13.4. The van der Waals surface area contributed by atoms with Crippen molar-refractivity contribution in [2.45, 2.75) is 6.92 Å². The van der Waals surface area contributed by atoms with Crippen molar-refractivity contribution in [3.63, 3.8) is 0 Å². The Morgan fingerprint density at radius 3 is 2.64 bits per heavy atom. The van der Waals surface area contributed by atoms with Gasteiger partial charge < -0.3 is 14.8 Å². The lowest BCUT2D eigenvalue weighted by Gasteiger charge is -2.11. The Labute approximate surface area is 143 Å². The minimum atomic E-state index is -0.553. The lowest BCUT2D eigenvalue weighted by atomic mass is 10.2. The minimum Gasteiger partial charge on any atom is -0.484 e. The summed E-state index contributed by atoms with van der Waals surface area (Å²) in [5.74, 6) is -0.857. The highest BCUT2D eigenvalue weighted by atomic mass is 16.6. The van der Waals surface area contributed by atoms with Crippen LogP contribution in [0.1, 0.15) is 17.3 Å². The molecule has 2 rings (SSSR count). The van der Waals surface area contributed by atoms with Crippen molar-refractivity contribution in [1.29, 1.82) is 0 Å². The molecule has 0 aliphatic carbocycles. The first-order chi connectivity index (χ1) is 12.0. The third-order valence-corrected chi connectivity index (χ3v) is 3.09. The lowest BCUT2D eigenvalue weighted by Crippen LogP contribution is -2.22. The van der Waals surface area contributed by atoms with Gasteiger partial charge in [-0.2, -0.15) is 0 Å². The summed E-state index contributed by atoms with van der Waals surface area (Å²) in [5, 5.41) is 13.3. The number of nitro groups is 1. The smallest absolute Gasteiger partial charge is 0.340 e. The first kappa shape index (κ1) is 17.9. The number of benzene rings is 2. The molecule has 8 heteroatoms. The molecule has 0 radical (unpaired) electrons. The fourth-order valence-electron chi connectivity index (χ4n) is 2.00. The first-order valence-corrected chi connectivity index (χ1v) is 7.44. The number of amides is 1. The number of hydrogen-bond acceptors (Lipinski definition) is 6. The first-order valence-electron chi connectivity index (χ1n) is 7.44. The quantitative estimate of drug-likeness (QED) is 0.470. The zero-order valence-corrected chi connectivity index (χ0v) is 13.4. The summed E-state index contributed by atoms with van der Waals surface area (Å²) in [6, 6.07) is 11.9. The summed E-state index contributed by atoms with van der Waals surface area (Å²) in [6.07, 6.45) is 0. The highest BCUT2D eigenvalue weighted by molar-refractivity contribution is 6.01. The molecule has 2 aromatic carbocycles. The van der Waals surface area contributed by atoms with Crippen molar-refractivity contribution >= 4 is 23.3 Å². The van der Waals surface area contributed by atoms with Gasteiger partial charge in [0.1, 0.15) is 5.75 Å². The molecule has 0 aliphatic rings. The van der Waals surface area contributed by atoms with Crippen LogP contribution in [0.25, 0.3) is 0 Å². The van der Waals surface area contributed by atoms with Crippen LogP contribution < -0.4 is 10.1 Å². The Hall–Kier alpha value is -3.42. The van der Waals surface area contributed by atoms with Gasteiger partial charge in [0.2, 0.25) is 0 Å². The van der Waals surface area contributed by atoms with Crippen LogP contribution >= 0.6 is 0 Å². The lowest BCUT2D eigenvalue weighted by molar-refractivity contribution is -0.384. The minimum absolute atomic E-state index is 0.134. The summed E-state index contributed by atoms with van der Waals surface area (Å²) in [5.41, 5.74) is 0.396. The van der Waals surface area contributed by atoms with Gasteiger partial charge in [-0.15, -0.1) is 0 Å². The molecular formula is C17H16N2O6. The summed E-state index contributed by atoms with van der Waals surface area (Å²) < 4.78 is 10.2. The Bertz CT molecular complexity index is 790. The molecule has 1 amide bonds. The molecular weight excluding hydrogens is 328 g/mol. The molecule has 0 fully saturated rings. The highest BCUT2D eigenvalue weighted by Gasteiger charge is 2.14. The van der Waals surface area contributed by atoms with Gasteiger partial charge in [0.15, 0.2) is 6.61 Å². The van der Waals surface area contributed by atoms with Gasteiger partial charge in [0, 0.05) is 6.07 Å². The van der Waals surface area contributed by atoms with Crippen molar-refractivity contribution in [2.24, 2.45) is 0 Å². The van der Waals surface area contributed by atoms with E-state index in [0.717, 1.165) is 0 Å². The average Bonchev–Trinajstić information content (AvgIpc) is 2.61. The van der Waals surface area contributed by atoms with Crippen LogP contribution in [-0.2, 0) is 9.53 Å². The molecule has 1 N–H and O–H groups in total. The summed E-state index contributed by atoms with van der Waals surface area (Å²) in [6.45, 7) is 1.54. The van der Waals surface area contributed by atoms with Crippen LogP contribution in [0.15, 0.2) is 48.5 Å². The molecule has 0 aromatic heterocycles. The predicted molar refractivity (Wildman–Crippen MR) is 89.6 cm³/mol. The normalized spacial score (nSPS) is 9.96. The van der Waals surface area contributed by atoms with Gasteiger partial charge >= 0.3 is 5.97 Å². The Morgan fingerprint density at radius 1 is 1.16 bits per heavy atom. The fraction of sp³-hybridized carbons (Fsp3) is 0.176. The molecule has 8 nitrogen and oxygen atoms in total. The maximum atomic E-state index is 12.0. The molecule has 0 heterocycles. The van der Waals surface area contributed by atoms with Gasteiger partial charge in [-0.3, -0.25) is 14.9 Å². The van der Waals surface area contributed by atoms with Gasteiger partial charge in [0.05, 0.1) is 28.8 Å². The molecule has 0 saturated heterocycles. The molecule has 0 atom stereocenters. The van der Waals surface area contributed by atoms with Gasteiger partial charge in [-0.25, -0.2) is 4.79 Å². The van der Waals surface area contributed by atoms with Crippen LogP contribution in [-0.4, -0.2) is 30.0 Å². The standard InChI is InChI=1S/C17H16N2O6/c1-2-24-17(21)14-8-3-4-9-15(14)18-16(20)11-25-13-7-5-6-12(10-13)19(22)23/h3-10H,2,11H2,1H3,(H,18,20). The van der Waals surface area contributed by atoms with E-state index in [1.165, 1.54) is 30.3 Å². The van der Waals surface area contributed by atoms with Gasteiger partial charge in [-0.05, 0) is 25.1 Å². The second-order valence-corrected chi connectivity index (χ2v) is 4.86. The van der Waals surface area contributed by atoms with E-state index in [4.69, 9.17) is 9.47 Å². The number of nitrogens with one attached hydrogen (secondary N) is 1. The molecule has 0 spiro atoms. The zero-order chi connectivity index (χ0) is 18.2. The maximum Gasteiger partial charge on any atom is 0.340 e. The molecule has 2 aromatic rings. The summed E-state index contributed by atoms with van der Waals surface area (Å²) in [7, 11) is 0. The third-order valence-electron chi connectivity index (χ3n) is 3.09. The van der Waals surface area contributed by atoms with E-state index in [-0.39, 0.29) is 30.2 Å². The van der Waals surface area contributed by atoms with Crippen molar-refractivity contribution in [3.8, 4) is 5.75 Å². The second-order valence-electron chi connectivity index (χ2n) is 4.86. The van der Waals surface area contributed by atoms with E-state index < -0.39 is 16.8 Å². The Morgan fingerprint density at radius 2 is 1.92 bits per heavy atom. The van der Waals surface area contributed by atoms with Crippen molar-refractivity contribution in [1.82, 2.24) is 0 Å². The Kier molecular flexibility index (Phi) is 6.05. The molecule has 130 valence electrons. The van der Waals surface area contributed by atoms with Gasteiger partial charge in [0.25, 0.3) is 11.6 Å². The van der Waals surface area contributed by atoms with E-state index in [1.807, 2.05) is 0 Å². The van der Waals surface area contributed by atoms with Crippen molar-refractivity contribution < 1.29 is 24.0 Å². The number of carbonyl (C=O) groups is 2. The maximum absolute atomic E-state index is 12.0. The number of rotatable bonds is 7. The van der Waals surface area contributed by atoms with Crippen LogP contribution in [0.2, 0.25) is 0 Å². The Balaban J connectivity index is 2.00. The molecule has 0 saturated carbocycles. The van der Waals surface area contributed by atoms with Crippen LogP contribution in [0.3, 0.4) is 0 Å². The van der Waals surface area contributed by atoms with Crippen LogP contribution in [0.4, 0.5) is 11.4 Å².